The number of nitrogens with zero attached hydrogens (tertiary/aromatic N) is 2. The van der Waals surface area contributed by atoms with E-state index in [4.69, 9.17) is 0 Å². The fourth-order valence-electron chi connectivity index (χ4n) is 2.97. The van der Waals surface area contributed by atoms with Crippen molar-refractivity contribution in [2.45, 2.75) is 50.7 Å². The second kappa shape index (κ2) is 7.19. The summed E-state index contributed by atoms with van der Waals surface area (Å²) in [4.78, 5) is 14.5. The van der Waals surface area contributed by atoms with E-state index >= 15 is 0 Å². The van der Waals surface area contributed by atoms with Crippen molar-refractivity contribution in [1.29, 1.82) is 5.26 Å². The Morgan fingerprint density at radius 2 is 2.14 bits per heavy atom. The van der Waals surface area contributed by atoms with Gasteiger partial charge in [-0.2, -0.15) is 5.26 Å². The summed E-state index contributed by atoms with van der Waals surface area (Å²) >= 11 is 1.64. The molecule has 22 heavy (non-hydrogen) atoms. The Bertz CT molecular complexity index is 550. The molecule has 2 atom stereocenters. The highest BCUT2D eigenvalue weighted by molar-refractivity contribution is 7.99. The first-order valence-electron chi connectivity index (χ1n) is 7.81. The number of benzene rings is 1. The summed E-state index contributed by atoms with van der Waals surface area (Å²) < 4.78 is 0. The van der Waals surface area contributed by atoms with Crippen molar-refractivity contribution in [3.05, 3.63) is 35.9 Å². The average molecular weight is 316 g/mol. The first kappa shape index (κ1) is 16.9. The van der Waals surface area contributed by atoms with Gasteiger partial charge in [-0.05, 0) is 30.7 Å². The number of likely N-dealkylation sites (tertiary alicyclic amines) is 1. The van der Waals surface area contributed by atoms with E-state index < -0.39 is 0 Å². The highest BCUT2D eigenvalue weighted by Crippen LogP contribution is 2.35. The molecule has 1 aromatic rings. The SMILES string of the molecule is CC(SCc1ccccc1)C(=O)N1CCCC(C)(C)C1C#N. The van der Waals surface area contributed by atoms with E-state index in [-0.39, 0.29) is 22.6 Å². The Hall–Kier alpha value is -1.47. The molecule has 1 heterocycles. The highest BCUT2D eigenvalue weighted by atomic mass is 32.2. The fourth-order valence-corrected chi connectivity index (χ4v) is 3.89. The number of carbonyl (C=O) groups excluding carboxylic acids is 1. The monoisotopic (exact) mass is 316 g/mol. The zero-order chi connectivity index (χ0) is 16.2. The molecule has 0 N–H and O–H groups in total. The van der Waals surface area contributed by atoms with E-state index in [1.165, 1.54) is 5.56 Å². The maximum atomic E-state index is 12.7. The van der Waals surface area contributed by atoms with Gasteiger partial charge in [0.15, 0.2) is 0 Å². The smallest absolute Gasteiger partial charge is 0.236 e. The normalized spacial score (nSPS) is 21.9. The zero-order valence-corrected chi connectivity index (χ0v) is 14.4. The standard InChI is InChI=1S/C18H24N2OS/c1-14(22-13-15-8-5-4-6-9-15)17(21)20-11-7-10-18(2,3)16(20)12-19/h4-6,8-9,14,16H,7,10-11,13H2,1-3H3. The summed E-state index contributed by atoms with van der Waals surface area (Å²) in [6.45, 7) is 6.83. The van der Waals surface area contributed by atoms with E-state index in [9.17, 15) is 10.1 Å². The minimum atomic E-state index is -0.312. The largest absolute Gasteiger partial charge is 0.325 e. The summed E-state index contributed by atoms with van der Waals surface area (Å²) in [6, 6.07) is 12.2. The van der Waals surface area contributed by atoms with Crippen molar-refractivity contribution in [3.8, 4) is 6.07 Å². The molecule has 1 aliphatic rings. The van der Waals surface area contributed by atoms with Gasteiger partial charge < -0.3 is 4.90 Å². The Morgan fingerprint density at radius 3 is 2.77 bits per heavy atom. The molecule has 1 saturated heterocycles. The van der Waals surface area contributed by atoms with Crippen LogP contribution in [0, 0.1) is 16.7 Å². The molecule has 0 aliphatic carbocycles. The summed E-state index contributed by atoms with van der Waals surface area (Å²) in [5.74, 6) is 0.919. The maximum absolute atomic E-state index is 12.7. The van der Waals surface area contributed by atoms with Crippen LogP contribution in [0.1, 0.15) is 39.2 Å². The van der Waals surface area contributed by atoms with Crippen molar-refractivity contribution in [1.82, 2.24) is 4.90 Å². The number of nitriles is 1. The van der Waals surface area contributed by atoms with Crippen LogP contribution in [0.5, 0.6) is 0 Å². The van der Waals surface area contributed by atoms with Crippen LogP contribution in [0.2, 0.25) is 0 Å². The van der Waals surface area contributed by atoms with Crippen molar-refractivity contribution >= 4 is 17.7 Å². The molecule has 0 aromatic heterocycles. The predicted molar refractivity (Wildman–Crippen MR) is 91.3 cm³/mol. The molecular formula is C18H24N2OS. The fraction of sp³-hybridized carbons (Fsp3) is 0.556. The molecule has 1 fully saturated rings. The Morgan fingerprint density at radius 1 is 1.45 bits per heavy atom. The lowest BCUT2D eigenvalue weighted by atomic mass is 9.77. The molecule has 1 amide bonds. The lowest BCUT2D eigenvalue weighted by Crippen LogP contribution is -2.53. The van der Waals surface area contributed by atoms with Crippen molar-refractivity contribution < 1.29 is 4.79 Å². The summed E-state index contributed by atoms with van der Waals surface area (Å²) in [7, 11) is 0. The van der Waals surface area contributed by atoms with Crippen LogP contribution in [0.3, 0.4) is 0 Å². The summed E-state index contributed by atoms with van der Waals surface area (Å²) in [5, 5.41) is 9.36. The van der Waals surface area contributed by atoms with Crippen LogP contribution in [0.25, 0.3) is 0 Å². The van der Waals surface area contributed by atoms with Crippen LogP contribution in [-0.2, 0) is 10.5 Å². The Labute approximate surface area is 137 Å². The molecule has 118 valence electrons. The molecular weight excluding hydrogens is 292 g/mol. The van der Waals surface area contributed by atoms with E-state index in [0.29, 0.717) is 6.54 Å². The van der Waals surface area contributed by atoms with Crippen molar-refractivity contribution in [3.63, 3.8) is 0 Å². The van der Waals surface area contributed by atoms with Gasteiger partial charge in [0.25, 0.3) is 0 Å². The van der Waals surface area contributed by atoms with E-state index in [1.807, 2.05) is 25.1 Å². The van der Waals surface area contributed by atoms with Crippen LogP contribution in [0.15, 0.2) is 30.3 Å². The van der Waals surface area contributed by atoms with Crippen molar-refractivity contribution in [2.24, 2.45) is 5.41 Å². The minimum Gasteiger partial charge on any atom is -0.325 e. The number of thioether (sulfide) groups is 1. The van der Waals surface area contributed by atoms with Gasteiger partial charge >= 0.3 is 0 Å². The number of hydrogen-bond acceptors (Lipinski definition) is 3. The summed E-state index contributed by atoms with van der Waals surface area (Å²) in [6.07, 6.45) is 1.98. The van der Waals surface area contributed by atoms with E-state index in [2.05, 4.69) is 32.0 Å². The van der Waals surface area contributed by atoms with E-state index in [0.717, 1.165) is 18.6 Å². The lowest BCUT2D eigenvalue weighted by Gasteiger charge is -2.43. The second-order valence-corrected chi connectivity index (χ2v) is 7.92. The van der Waals surface area contributed by atoms with Gasteiger partial charge in [-0.25, -0.2) is 0 Å². The molecule has 1 aromatic carbocycles. The van der Waals surface area contributed by atoms with Gasteiger partial charge in [0.05, 0.1) is 11.3 Å². The number of carbonyl (C=O) groups is 1. The number of piperidine rings is 1. The molecule has 0 spiro atoms. The zero-order valence-electron chi connectivity index (χ0n) is 13.6. The second-order valence-electron chi connectivity index (χ2n) is 6.59. The highest BCUT2D eigenvalue weighted by Gasteiger charge is 2.41. The van der Waals surface area contributed by atoms with Gasteiger partial charge in [0.1, 0.15) is 6.04 Å². The molecule has 4 heteroatoms. The lowest BCUT2D eigenvalue weighted by molar-refractivity contribution is -0.135. The van der Waals surface area contributed by atoms with Crippen LogP contribution in [0.4, 0.5) is 0 Å². The molecule has 3 nitrogen and oxygen atoms in total. The van der Waals surface area contributed by atoms with Gasteiger partial charge in [-0.15, -0.1) is 11.8 Å². The predicted octanol–water partition coefficient (Wildman–Crippen LogP) is 3.85. The van der Waals surface area contributed by atoms with Gasteiger partial charge in [0.2, 0.25) is 5.91 Å². The number of hydrogen-bond donors (Lipinski definition) is 0. The van der Waals surface area contributed by atoms with Gasteiger partial charge in [-0.1, -0.05) is 44.2 Å². The quantitative estimate of drug-likeness (QED) is 0.847. The van der Waals surface area contributed by atoms with Crippen LogP contribution in [-0.4, -0.2) is 28.6 Å². The third-order valence-corrected chi connectivity index (χ3v) is 5.57. The molecule has 2 unspecified atom stereocenters. The number of rotatable bonds is 4. The maximum Gasteiger partial charge on any atom is 0.236 e. The molecule has 0 bridgehead atoms. The topological polar surface area (TPSA) is 44.1 Å². The first-order valence-corrected chi connectivity index (χ1v) is 8.86. The molecule has 2 rings (SSSR count). The van der Waals surface area contributed by atoms with E-state index in [1.54, 1.807) is 16.7 Å². The van der Waals surface area contributed by atoms with Gasteiger partial charge in [-0.3, -0.25) is 4.79 Å². The van der Waals surface area contributed by atoms with Crippen LogP contribution >= 0.6 is 11.8 Å². The molecule has 0 radical (unpaired) electrons. The van der Waals surface area contributed by atoms with Crippen molar-refractivity contribution in [2.75, 3.05) is 6.54 Å². The average Bonchev–Trinajstić information content (AvgIpc) is 2.51. The minimum absolute atomic E-state index is 0.0975. The molecule has 1 aliphatic heterocycles. The Kier molecular flexibility index (Phi) is 5.52. The van der Waals surface area contributed by atoms with Crippen LogP contribution < -0.4 is 0 Å². The third-order valence-electron chi connectivity index (χ3n) is 4.37. The number of amides is 1. The first-order chi connectivity index (χ1) is 10.5. The Balaban J connectivity index is 1.99. The molecule has 0 saturated carbocycles. The summed E-state index contributed by atoms with van der Waals surface area (Å²) in [5.41, 5.74) is 1.11. The van der Waals surface area contributed by atoms with Gasteiger partial charge in [0, 0.05) is 12.3 Å². The third kappa shape index (κ3) is 3.84.